The summed E-state index contributed by atoms with van der Waals surface area (Å²) in [6, 6.07) is 0. The molecule has 3 rings (SSSR count). The van der Waals surface area contributed by atoms with Gasteiger partial charge in [0, 0.05) is 57.8 Å². The molecule has 0 aliphatic carbocycles. The van der Waals surface area contributed by atoms with Crippen molar-refractivity contribution in [2.75, 3.05) is 66.0 Å². The minimum absolute atomic E-state index is 0.326. The zero-order valence-electron chi connectivity index (χ0n) is 10.6. The van der Waals surface area contributed by atoms with Gasteiger partial charge in [0.25, 0.3) is 0 Å². The van der Waals surface area contributed by atoms with Gasteiger partial charge < -0.3 is 15.1 Å². The molecule has 5 heteroatoms. The van der Waals surface area contributed by atoms with Gasteiger partial charge in [-0.15, -0.1) is 0 Å². The summed E-state index contributed by atoms with van der Waals surface area (Å²) in [5.41, 5.74) is 0.456. The van der Waals surface area contributed by atoms with Crippen LogP contribution >= 0.6 is 0 Å². The maximum absolute atomic E-state index is 12.1. The number of piperazine rings is 1. The molecule has 0 atom stereocenters. The Morgan fingerprint density at radius 3 is 2.35 bits per heavy atom. The lowest BCUT2D eigenvalue weighted by atomic mass is 9.74. The first-order valence-corrected chi connectivity index (χ1v) is 6.56. The van der Waals surface area contributed by atoms with Crippen molar-refractivity contribution in [1.29, 1.82) is 0 Å². The Morgan fingerprint density at radius 2 is 1.82 bits per heavy atom. The molecular weight excluding hydrogens is 216 g/mol. The fourth-order valence-corrected chi connectivity index (χ4v) is 2.94. The van der Waals surface area contributed by atoms with Gasteiger partial charge in [0.1, 0.15) is 0 Å². The highest BCUT2D eigenvalue weighted by atomic mass is 16.2. The second kappa shape index (κ2) is 4.23. The number of nitrogens with zero attached hydrogens (tertiary/aromatic N) is 3. The Balaban J connectivity index is 1.42. The highest BCUT2D eigenvalue weighted by Gasteiger charge is 2.49. The molecule has 3 aliphatic rings. The van der Waals surface area contributed by atoms with Gasteiger partial charge in [0.2, 0.25) is 5.91 Å². The summed E-state index contributed by atoms with van der Waals surface area (Å²) < 4.78 is 0. The van der Waals surface area contributed by atoms with Gasteiger partial charge in [0.05, 0.1) is 6.54 Å². The molecule has 3 heterocycles. The maximum Gasteiger partial charge on any atom is 0.236 e. The van der Waals surface area contributed by atoms with Crippen molar-refractivity contribution in [3.8, 4) is 0 Å². The molecule has 0 radical (unpaired) electrons. The van der Waals surface area contributed by atoms with Crippen LogP contribution < -0.4 is 5.32 Å². The molecule has 0 unspecified atom stereocenters. The van der Waals surface area contributed by atoms with Crippen molar-refractivity contribution >= 4 is 5.91 Å². The van der Waals surface area contributed by atoms with E-state index in [1.807, 2.05) is 4.90 Å². The monoisotopic (exact) mass is 238 g/mol. The van der Waals surface area contributed by atoms with Crippen LogP contribution in [0.4, 0.5) is 0 Å². The molecule has 1 amide bonds. The van der Waals surface area contributed by atoms with Crippen LogP contribution in [0, 0.1) is 5.41 Å². The molecule has 1 spiro atoms. The van der Waals surface area contributed by atoms with Crippen LogP contribution in [-0.2, 0) is 4.79 Å². The zero-order chi connectivity index (χ0) is 11.9. The van der Waals surface area contributed by atoms with E-state index in [1.165, 1.54) is 0 Å². The van der Waals surface area contributed by atoms with E-state index in [2.05, 4.69) is 22.2 Å². The van der Waals surface area contributed by atoms with Crippen molar-refractivity contribution in [2.24, 2.45) is 5.41 Å². The molecule has 3 saturated heterocycles. The molecule has 5 nitrogen and oxygen atoms in total. The predicted octanol–water partition coefficient (Wildman–Crippen LogP) is -1.33. The number of carbonyl (C=O) groups is 1. The fraction of sp³-hybridized carbons (Fsp3) is 0.917. The van der Waals surface area contributed by atoms with Crippen molar-refractivity contribution < 1.29 is 4.79 Å². The molecule has 0 aromatic carbocycles. The summed E-state index contributed by atoms with van der Waals surface area (Å²) in [4.78, 5) is 18.7. The van der Waals surface area contributed by atoms with Crippen LogP contribution in [-0.4, -0.2) is 86.6 Å². The first-order valence-electron chi connectivity index (χ1n) is 6.56. The van der Waals surface area contributed by atoms with E-state index in [-0.39, 0.29) is 0 Å². The number of hydrogen-bond donors (Lipinski definition) is 1. The summed E-state index contributed by atoms with van der Waals surface area (Å²) >= 11 is 0. The Hall–Kier alpha value is -0.650. The lowest BCUT2D eigenvalue weighted by Gasteiger charge is -2.56. The van der Waals surface area contributed by atoms with Gasteiger partial charge in [-0.3, -0.25) is 9.69 Å². The average Bonchev–Trinajstić information content (AvgIpc) is 2.17. The standard InChI is InChI=1S/C12H22N4O/c1-14-2-4-15(5-3-14)6-11(17)16-9-12(10-16)7-13-8-12/h13H,2-10H2,1H3. The van der Waals surface area contributed by atoms with E-state index in [1.54, 1.807) is 0 Å². The first-order chi connectivity index (χ1) is 8.17. The Morgan fingerprint density at radius 1 is 1.18 bits per heavy atom. The second-order valence-electron chi connectivity index (χ2n) is 5.93. The van der Waals surface area contributed by atoms with Crippen LogP contribution in [0.2, 0.25) is 0 Å². The SMILES string of the molecule is CN1CCN(CC(=O)N2CC3(CNC3)C2)CC1. The van der Waals surface area contributed by atoms with E-state index in [0.717, 1.165) is 52.4 Å². The molecule has 3 fully saturated rings. The third-order valence-electron chi connectivity index (χ3n) is 4.36. The van der Waals surface area contributed by atoms with Crippen LogP contribution in [0.1, 0.15) is 0 Å². The van der Waals surface area contributed by atoms with Crippen LogP contribution in [0.3, 0.4) is 0 Å². The number of nitrogens with one attached hydrogen (secondary N) is 1. The minimum atomic E-state index is 0.326. The predicted molar refractivity (Wildman–Crippen MR) is 65.8 cm³/mol. The number of hydrogen-bond acceptors (Lipinski definition) is 4. The van der Waals surface area contributed by atoms with E-state index in [0.29, 0.717) is 17.9 Å². The number of amides is 1. The number of likely N-dealkylation sites (tertiary alicyclic amines) is 1. The third-order valence-corrected chi connectivity index (χ3v) is 4.36. The highest BCUT2D eigenvalue weighted by Crippen LogP contribution is 2.33. The van der Waals surface area contributed by atoms with Crippen molar-refractivity contribution in [3.63, 3.8) is 0 Å². The average molecular weight is 238 g/mol. The zero-order valence-corrected chi connectivity index (χ0v) is 10.6. The Kier molecular flexibility index (Phi) is 2.84. The number of carbonyl (C=O) groups excluding carboxylic acids is 1. The molecule has 0 bridgehead atoms. The fourth-order valence-electron chi connectivity index (χ4n) is 2.94. The first kappa shape index (κ1) is 11.4. The minimum Gasteiger partial charge on any atom is -0.340 e. The molecular formula is C12H22N4O. The summed E-state index contributed by atoms with van der Waals surface area (Å²) in [5, 5.41) is 3.30. The van der Waals surface area contributed by atoms with Gasteiger partial charge >= 0.3 is 0 Å². The van der Waals surface area contributed by atoms with Crippen LogP contribution in [0.5, 0.6) is 0 Å². The topological polar surface area (TPSA) is 38.8 Å². The van der Waals surface area contributed by atoms with Crippen molar-refractivity contribution in [3.05, 3.63) is 0 Å². The Labute approximate surface area is 103 Å². The van der Waals surface area contributed by atoms with Gasteiger partial charge in [-0.05, 0) is 7.05 Å². The van der Waals surface area contributed by atoms with Crippen LogP contribution in [0.15, 0.2) is 0 Å². The molecule has 1 N–H and O–H groups in total. The highest BCUT2D eigenvalue weighted by molar-refractivity contribution is 5.79. The summed E-state index contributed by atoms with van der Waals surface area (Å²) in [6.45, 7) is 9.01. The van der Waals surface area contributed by atoms with Crippen LogP contribution in [0.25, 0.3) is 0 Å². The maximum atomic E-state index is 12.1. The van der Waals surface area contributed by atoms with E-state index in [4.69, 9.17) is 0 Å². The van der Waals surface area contributed by atoms with E-state index >= 15 is 0 Å². The molecule has 0 saturated carbocycles. The van der Waals surface area contributed by atoms with Crippen molar-refractivity contribution in [1.82, 2.24) is 20.0 Å². The van der Waals surface area contributed by atoms with Gasteiger partial charge in [0.15, 0.2) is 0 Å². The number of likely N-dealkylation sites (N-methyl/N-ethyl adjacent to an activating group) is 1. The molecule has 96 valence electrons. The molecule has 0 aromatic rings. The molecule has 3 aliphatic heterocycles. The Bertz CT molecular complexity index is 300. The quantitative estimate of drug-likeness (QED) is 0.647. The summed E-state index contributed by atoms with van der Waals surface area (Å²) in [6.07, 6.45) is 0. The second-order valence-corrected chi connectivity index (χ2v) is 5.93. The van der Waals surface area contributed by atoms with E-state index < -0.39 is 0 Å². The van der Waals surface area contributed by atoms with Gasteiger partial charge in [-0.25, -0.2) is 0 Å². The lowest BCUT2D eigenvalue weighted by molar-refractivity contribution is -0.148. The summed E-state index contributed by atoms with van der Waals surface area (Å²) in [5.74, 6) is 0.326. The molecule has 0 aromatic heterocycles. The van der Waals surface area contributed by atoms with Gasteiger partial charge in [-0.1, -0.05) is 0 Å². The molecule has 17 heavy (non-hydrogen) atoms. The lowest BCUT2D eigenvalue weighted by Crippen LogP contribution is -2.72. The smallest absolute Gasteiger partial charge is 0.236 e. The summed E-state index contributed by atoms with van der Waals surface area (Å²) in [7, 11) is 2.14. The number of rotatable bonds is 2. The normalized spacial score (nSPS) is 28.9. The van der Waals surface area contributed by atoms with E-state index in [9.17, 15) is 4.79 Å². The van der Waals surface area contributed by atoms with Gasteiger partial charge in [-0.2, -0.15) is 0 Å². The third kappa shape index (κ3) is 2.19. The van der Waals surface area contributed by atoms with Crippen molar-refractivity contribution in [2.45, 2.75) is 0 Å². The largest absolute Gasteiger partial charge is 0.340 e.